The maximum Gasteiger partial charge on any atom is 0.269 e. The van der Waals surface area contributed by atoms with Gasteiger partial charge in [-0.1, -0.05) is 42.1 Å². The first-order valence-corrected chi connectivity index (χ1v) is 8.55. The molecule has 0 fully saturated rings. The zero-order valence-electron chi connectivity index (χ0n) is 13.3. The lowest BCUT2D eigenvalue weighted by atomic mass is 10.2. The fourth-order valence-corrected chi connectivity index (χ4v) is 3.41. The molecule has 6 nitrogen and oxygen atoms in total. The van der Waals surface area contributed by atoms with Gasteiger partial charge in [0.1, 0.15) is 0 Å². The highest BCUT2D eigenvalue weighted by Gasteiger charge is 2.12. The van der Waals surface area contributed by atoms with Gasteiger partial charge in [-0.15, -0.1) is 6.58 Å². The molecule has 7 heteroatoms. The Hall–Kier alpha value is -2.93. The molecule has 0 saturated heterocycles. The maximum atomic E-state index is 12.7. The van der Waals surface area contributed by atoms with Crippen LogP contribution in [0.25, 0.3) is 10.9 Å². The van der Waals surface area contributed by atoms with Crippen LogP contribution in [0.5, 0.6) is 0 Å². The largest absolute Gasteiger partial charge is 0.283 e. The fourth-order valence-electron chi connectivity index (χ4n) is 2.46. The predicted octanol–water partition coefficient (Wildman–Crippen LogP) is 3.78. The number of nitrogens with zero attached hydrogens (tertiary/aromatic N) is 3. The normalized spacial score (nSPS) is 10.7. The number of rotatable bonds is 6. The first-order chi connectivity index (χ1) is 12.1. The third kappa shape index (κ3) is 3.61. The minimum atomic E-state index is -0.421. The van der Waals surface area contributed by atoms with Crippen molar-refractivity contribution in [1.82, 2.24) is 9.55 Å². The highest BCUT2D eigenvalue weighted by molar-refractivity contribution is 7.98. The molecule has 126 valence electrons. The Labute approximate surface area is 148 Å². The third-order valence-corrected chi connectivity index (χ3v) is 4.68. The average molecular weight is 353 g/mol. The van der Waals surface area contributed by atoms with Crippen LogP contribution < -0.4 is 5.56 Å². The van der Waals surface area contributed by atoms with E-state index in [1.54, 1.807) is 34.9 Å². The van der Waals surface area contributed by atoms with Gasteiger partial charge in [-0.25, -0.2) is 4.98 Å². The van der Waals surface area contributed by atoms with Crippen LogP contribution in [0.3, 0.4) is 0 Å². The summed E-state index contributed by atoms with van der Waals surface area (Å²) < 4.78 is 1.57. The van der Waals surface area contributed by atoms with Crippen LogP contribution in [0.4, 0.5) is 5.69 Å². The van der Waals surface area contributed by atoms with E-state index in [2.05, 4.69) is 11.6 Å². The zero-order chi connectivity index (χ0) is 17.8. The number of para-hydroxylation sites is 1. The van der Waals surface area contributed by atoms with Crippen molar-refractivity contribution in [3.05, 3.63) is 87.2 Å². The Morgan fingerprint density at radius 3 is 2.80 bits per heavy atom. The molecule has 0 aliphatic heterocycles. The molecular formula is C18H15N3O3S. The van der Waals surface area contributed by atoms with E-state index >= 15 is 0 Å². The van der Waals surface area contributed by atoms with Crippen LogP contribution in [-0.2, 0) is 12.3 Å². The second-order valence-corrected chi connectivity index (χ2v) is 6.27. The van der Waals surface area contributed by atoms with Gasteiger partial charge >= 0.3 is 0 Å². The molecule has 3 aromatic rings. The molecule has 0 aliphatic rings. The molecule has 2 aromatic carbocycles. The number of aromatic nitrogens is 2. The van der Waals surface area contributed by atoms with Crippen LogP contribution in [-0.4, -0.2) is 14.5 Å². The molecule has 0 saturated carbocycles. The number of thioether (sulfide) groups is 1. The van der Waals surface area contributed by atoms with Crippen molar-refractivity contribution >= 4 is 28.4 Å². The minimum Gasteiger partial charge on any atom is -0.283 e. The van der Waals surface area contributed by atoms with E-state index in [0.717, 1.165) is 5.56 Å². The van der Waals surface area contributed by atoms with E-state index in [0.29, 0.717) is 28.4 Å². The summed E-state index contributed by atoms with van der Waals surface area (Å²) in [5, 5.41) is 12.0. The topological polar surface area (TPSA) is 78.0 Å². The van der Waals surface area contributed by atoms with Gasteiger partial charge in [0.05, 0.1) is 15.8 Å². The Bertz CT molecular complexity index is 1010. The zero-order valence-corrected chi connectivity index (χ0v) is 14.1. The molecule has 0 spiro atoms. The lowest BCUT2D eigenvalue weighted by Crippen LogP contribution is -2.22. The summed E-state index contributed by atoms with van der Waals surface area (Å²) in [7, 11) is 0. The molecule has 25 heavy (non-hydrogen) atoms. The van der Waals surface area contributed by atoms with Gasteiger partial charge in [0.15, 0.2) is 5.16 Å². The monoisotopic (exact) mass is 353 g/mol. The summed E-state index contributed by atoms with van der Waals surface area (Å²) in [4.78, 5) is 27.7. The highest BCUT2D eigenvalue weighted by atomic mass is 32.2. The van der Waals surface area contributed by atoms with Crippen LogP contribution in [0.2, 0.25) is 0 Å². The molecule has 0 N–H and O–H groups in total. The van der Waals surface area contributed by atoms with Gasteiger partial charge in [0.2, 0.25) is 0 Å². The number of nitro groups is 1. The molecule has 3 rings (SSSR count). The summed E-state index contributed by atoms with van der Waals surface area (Å²) in [6, 6.07) is 13.6. The molecule has 0 unspecified atom stereocenters. The highest BCUT2D eigenvalue weighted by Crippen LogP contribution is 2.24. The Kier molecular flexibility index (Phi) is 4.95. The van der Waals surface area contributed by atoms with Crippen LogP contribution in [0, 0.1) is 10.1 Å². The molecule has 0 atom stereocenters. The maximum absolute atomic E-state index is 12.7. The van der Waals surface area contributed by atoms with Gasteiger partial charge in [-0.2, -0.15) is 0 Å². The van der Waals surface area contributed by atoms with Crippen molar-refractivity contribution in [1.29, 1.82) is 0 Å². The number of nitro benzene ring substituents is 1. The van der Waals surface area contributed by atoms with Gasteiger partial charge in [0, 0.05) is 24.4 Å². The van der Waals surface area contributed by atoms with Gasteiger partial charge < -0.3 is 0 Å². The summed E-state index contributed by atoms with van der Waals surface area (Å²) in [5.41, 5.74) is 1.36. The van der Waals surface area contributed by atoms with E-state index in [9.17, 15) is 14.9 Å². The summed E-state index contributed by atoms with van der Waals surface area (Å²) >= 11 is 1.37. The summed E-state index contributed by atoms with van der Waals surface area (Å²) in [6.07, 6.45) is 1.65. The first-order valence-electron chi connectivity index (χ1n) is 7.57. The van der Waals surface area contributed by atoms with Gasteiger partial charge in [-0.05, 0) is 17.7 Å². The number of allylic oxidation sites excluding steroid dienone is 1. The van der Waals surface area contributed by atoms with Gasteiger partial charge in [-0.3, -0.25) is 19.5 Å². The van der Waals surface area contributed by atoms with Crippen molar-refractivity contribution < 1.29 is 4.92 Å². The lowest BCUT2D eigenvalue weighted by Gasteiger charge is -2.11. The van der Waals surface area contributed by atoms with E-state index in [1.807, 2.05) is 12.1 Å². The lowest BCUT2D eigenvalue weighted by molar-refractivity contribution is -0.384. The van der Waals surface area contributed by atoms with Crippen LogP contribution in [0.1, 0.15) is 5.56 Å². The molecular weight excluding hydrogens is 338 g/mol. The van der Waals surface area contributed by atoms with E-state index in [4.69, 9.17) is 0 Å². The molecule has 0 radical (unpaired) electrons. The van der Waals surface area contributed by atoms with Crippen molar-refractivity contribution in [3.8, 4) is 0 Å². The van der Waals surface area contributed by atoms with Crippen LogP contribution in [0.15, 0.2) is 71.1 Å². The Morgan fingerprint density at radius 2 is 2.04 bits per heavy atom. The number of non-ortho nitro benzene ring substituents is 1. The first kappa shape index (κ1) is 16.9. The second-order valence-electron chi connectivity index (χ2n) is 5.33. The van der Waals surface area contributed by atoms with E-state index in [-0.39, 0.29) is 11.2 Å². The fraction of sp³-hybridized carbons (Fsp3) is 0.111. The molecule has 0 bridgehead atoms. The standard InChI is InChI=1S/C18H15N3O3S/c1-2-10-20-17(22)15-8-3-4-9-16(15)19-18(20)25-12-13-6-5-7-14(11-13)21(23)24/h2-9,11H,1,10,12H2. The smallest absolute Gasteiger partial charge is 0.269 e. The number of hydrogen-bond donors (Lipinski definition) is 0. The minimum absolute atomic E-state index is 0.0491. The SMILES string of the molecule is C=CCn1c(SCc2cccc([N+](=O)[O-])c2)nc2ccccc2c1=O. The van der Waals surface area contributed by atoms with Crippen molar-refractivity contribution in [2.45, 2.75) is 17.5 Å². The summed E-state index contributed by atoms with van der Waals surface area (Å²) in [5.74, 6) is 0.476. The molecule has 1 aromatic heterocycles. The predicted molar refractivity (Wildman–Crippen MR) is 98.9 cm³/mol. The second kappa shape index (κ2) is 7.31. The number of fused-ring (bicyclic) bond motifs is 1. The van der Waals surface area contributed by atoms with Gasteiger partial charge in [0.25, 0.3) is 11.2 Å². The molecule has 0 amide bonds. The Morgan fingerprint density at radius 1 is 1.24 bits per heavy atom. The van der Waals surface area contributed by atoms with Crippen LogP contribution >= 0.6 is 11.8 Å². The quantitative estimate of drug-likeness (QED) is 0.221. The molecule has 1 heterocycles. The van der Waals surface area contributed by atoms with E-state index < -0.39 is 4.92 Å². The molecule has 0 aliphatic carbocycles. The van der Waals surface area contributed by atoms with Crippen molar-refractivity contribution in [2.75, 3.05) is 0 Å². The Balaban J connectivity index is 1.96. The van der Waals surface area contributed by atoms with Crippen molar-refractivity contribution in [3.63, 3.8) is 0 Å². The third-order valence-electron chi connectivity index (χ3n) is 3.63. The summed E-state index contributed by atoms with van der Waals surface area (Å²) in [6.45, 7) is 4.05. The van der Waals surface area contributed by atoms with E-state index in [1.165, 1.54) is 23.9 Å². The number of hydrogen-bond acceptors (Lipinski definition) is 5. The van der Waals surface area contributed by atoms with Crippen molar-refractivity contribution in [2.24, 2.45) is 0 Å². The number of benzene rings is 2. The average Bonchev–Trinajstić information content (AvgIpc) is 2.63.